The molecule has 1 aliphatic heterocycles. The molecule has 1 heterocycles. The van der Waals surface area contributed by atoms with E-state index in [1.54, 1.807) is 0 Å². The summed E-state index contributed by atoms with van der Waals surface area (Å²) in [6.07, 6.45) is 2.13. The molecule has 1 aromatic carbocycles. The summed E-state index contributed by atoms with van der Waals surface area (Å²) in [7, 11) is 0. The quantitative estimate of drug-likeness (QED) is 0.822. The normalized spacial score (nSPS) is 25.7. The molecule has 2 nitrogen and oxygen atoms in total. The molecule has 1 saturated heterocycles. The summed E-state index contributed by atoms with van der Waals surface area (Å²) >= 11 is 0. The molecule has 1 aromatic rings. The fraction of sp³-hybridized carbons (Fsp3) is 0.538. The molecule has 2 atom stereocenters. The van der Waals surface area contributed by atoms with Gasteiger partial charge in [0.25, 0.3) is 0 Å². The largest absolute Gasteiger partial charge is 0.396 e. The lowest BCUT2D eigenvalue weighted by molar-refractivity contribution is 0.0720. The third-order valence-electron chi connectivity index (χ3n) is 3.17. The van der Waals surface area contributed by atoms with Crippen LogP contribution in [0.15, 0.2) is 24.3 Å². The molecule has 0 amide bonds. The van der Waals surface area contributed by atoms with Crippen molar-refractivity contribution in [1.29, 1.82) is 0 Å². The van der Waals surface area contributed by atoms with Gasteiger partial charge in [-0.1, -0.05) is 31.2 Å². The second-order valence-electron chi connectivity index (χ2n) is 4.12. The third-order valence-corrected chi connectivity index (χ3v) is 3.17. The maximum absolute atomic E-state index is 9.22. The van der Waals surface area contributed by atoms with Crippen molar-refractivity contribution < 1.29 is 9.84 Å². The number of hydrogen-bond donors (Lipinski definition) is 1. The Balaban J connectivity index is 2.14. The summed E-state index contributed by atoms with van der Waals surface area (Å²) in [6, 6.07) is 8.53. The molecule has 0 radical (unpaired) electrons. The second-order valence-corrected chi connectivity index (χ2v) is 4.12. The maximum Gasteiger partial charge on any atom is 0.0875 e. The number of ether oxygens (including phenoxy) is 1. The minimum Gasteiger partial charge on any atom is -0.396 e. The van der Waals surface area contributed by atoms with Crippen molar-refractivity contribution >= 4 is 0 Å². The van der Waals surface area contributed by atoms with Crippen molar-refractivity contribution in [2.24, 2.45) is 5.92 Å². The summed E-state index contributed by atoms with van der Waals surface area (Å²) in [6.45, 7) is 3.14. The summed E-state index contributed by atoms with van der Waals surface area (Å²) < 4.78 is 5.66. The van der Waals surface area contributed by atoms with Crippen LogP contribution in [0.25, 0.3) is 0 Å². The lowest BCUT2D eigenvalue weighted by Gasteiger charge is -2.16. The maximum atomic E-state index is 9.22. The van der Waals surface area contributed by atoms with E-state index in [0.29, 0.717) is 0 Å². The van der Waals surface area contributed by atoms with Gasteiger partial charge in [0.1, 0.15) is 0 Å². The Labute approximate surface area is 90.9 Å². The van der Waals surface area contributed by atoms with Gasteiger partial charge >= 0.3 is 0 Å². The Hall–Kier alpha value is -0.860. The number of aryl methyl sites for hydroxylation is 1. The van der Waals surface area contributed by atoms with Gasteiger partial charge in [-0.2, -0.15) is 0 Å². The highest BCUT2D eigenvalue weighted by Crippen LogP contribution is 2.34. The number of aliphatic hydroxyl groups is 1. The minimum atomic E-state index is 0.0981. The van der Waals surface area contributed by atoms with Gasteiger partial charge in [-0.05, 0) is 24.0 Å². The van der Waals surface area contributed by atoms with Crippen molar-refractivity contribution in [2.45, 2.75) is 25.9 Å². The van der Waals surface area contributed by atoms with Gasteiger partial charge in [-0.3, -0.25) is 0 Å². The standard InChI is InChI=1S/C13H18O2/c1-2-10-3-5-11(6-4-10)13-12(9-14)7-8-15-13/h3-6,12-14H,2,7-9H2,1H3. The predicted molar refractivity (Wildman–Crippen MR) is 59.7 cm³/mol. The molecule has 2 heteroatoms. The third kappa shape index (κ3) is 2.21. The highest BCUT2D eigenvalue weighted by Gasteiger charge is 2.28. The van der Waals surface area contributed by atoms with Crippen LogP contribution in [0.2, 0.25) is 0 Å². The van der Waals surface area contributed by atoms with Crippen molar-refractivity contribution in [1.82, 2.24) is 0 Å². The first-order valence-electron chi connectivity index (χ1n) is 5.66. The monoisotopic (exact) mass is 206 g/mol. The molecule has 1 aliphatic rings. The molecule has 0 bridgehead atoms. The first-order valence-corrected chi connectivity index (χ1v) is 5.66. The lowest BCUT2D eigenvalue weighted by Crippen LogP contribution is -2.11. The molecule has 15 heavy (non-hydrogen) atoms. The van der Waals surface area contributed by atoms with Crippen LogP contribution in [0.3, 0.4) is 0 Å². The van der Waals surface area contributed by atoms with Gasteiger partial charge in [0.05, 0.1) is 6.10 Å². The Bertz CT molecular complexity index is 305. The molecule has 0 aliphatic carbocycles. The van der Waals surface area contributed by atoms with Crippen LogP contribution in [-0.4, -0.2) is 18.3 Å². The zero-order valence-electron chi connectivity index (χ0n) is 9.15. The number of aliphatic hydroxyl groups excluding tert-OH is 1. The summed E-state index contributed by atoms with van der Waals surface area (Å²) in [4.78, 5) is 0. The zero-order chi connectivity index (χ0) is 10.7. The van der Waals surface area contributed by atoms with E-state index in [9.17, 15) is 5.11 Å². The average molecular weight is 206 g/mol. The Morgan fingerprint density at radius 3 is 2.67 bits per heavy atom. The van der Waals surface area contributed by atoms with E-state index < -0.39 is 0 Å². The van der Waals surface area contributed by atoms with Gasteiger partial charge in [0.2, 0.25) is 0 Å². The summed E-state index contributed by atoms with van der Waals surface area (Å²) in [5.41, 5.74) is 2.54. The molecule has 1 fully saturated rings. The molecular formula is C13H18O2. The van der Waals surface area contributed by atoms with E-state index in [1.165, 1.54) is 11.1 Å². The molecule has 1 N–H and O–H groups in total. The van der Waals surface area contributed by atoms with Crippen LogP contribution < -0.4 is 0 Å². The molecule has 2 rings (SSSR count). The molecule has 82 valence electrons. The van der Waals surface area contributed by atoms with E-state index in [1.807, 2.05) is 0 Å². The molecule has 0 aromatic heterocycles. The van der Waals surface area contributed by atoms with E-state index >= 15 is 0 Å². The molecule has 0 saturated carbocycles. The van der Waals surface area contributed by atoms with Crippen LogP contribution in [0.4, 0.5) is 0 Å². The van der Waals surface area contributed by atoms with Gasteiger partial charge in [0.15, 0.2) is 0 Å². The van der Waals surface area contributed by atoms with Crippen molar-refractivity contribution in [3.8, 4) is 0 Å². The fourth-order valence-corrected chi connectivity index (χ4v) is 2.13. The van der Waals surface area contributed by atoms with E-state index in [0.717, 1.165) is 19.4 Å². The minimum absolute atomic E-state index is 0.0981. The molecular weight excluding hydrogens is 188 g/mol. The van der Waals surface area contributed by atoms with Crippen LogP contribution in [0.5, 0.6) is 0 Å². The highest BCUT2D eigenvalue weighted by molar-refractivity contribution is 5.25. The van der Waals surface area contributed by atoms with Crippen molar-refractivity contribution in [3.05, 3.63) is 35.4 Å². The number of benzene rings is 1. The van der Waals surface area contributed by atoms with E-state index in [-0.39, 0.29) is 18.6 Å². The van der Waals surface area contributed by atoms with Crippen LogP contribution >= 0.6 is 0 Å². The fourth-order valence-electron chi connectivity index (χ4n) is 2.13. The smallest absolute Gasteiger partial charge is 0.0875 e. The second kappa shape index (κ2) is 4.77. The molecule has 2 unspecified atom stereocenters. The van der Waals surface area contributed by atoms with E-state index in [4.69, 9.17) is 4.74 Å². The lowest BCUT2D eigenvalue weighted by atomic mass is 9.95. The Kier molecular flexibility index (Phi) is 3.39. The summed E-state index contributed by atoms with van der Waals surface area (Å²) in [5.74, 6) is 0.275. The van der Waals surface area contributed by atoms with Crippen molar-refractivity contribution in [3.63, 3.8) is 0 Å². The van der Waals surface area contributed by atoms with Crippen LogP contribution in [0.1, 0.15) is 30.6 Å². The SMILES string of the molecule is CCc1ccc(C2OCCC2CO)cc1. The zero-order valence-corrected chi connectivity index (χ0v) is 9.15. The predicted octanol–water partition coefficient (Wildman–Crippen LogP) is 2.32. The van der Waals surface area contributed by atoms with Gasteiger partial charge in [-0.25, -0.2) is 0 Å². The van der Waals surface area contributed by atoms with E-state index in [2.05, 4.69) is 31.2 Å². The first-order chi connectivity index (χ1) is 7.35. The number of rotatable bonds is 3. The first kappa shape index (κ1) is 10.7. The number of hydrogen-bond acceptors (Lipinski definition) is 2. The Morgan fingerprint density at radius 1 is 1.33 bits per heavy atom. The van der Waals surface area contributed by atoms with Gasteiger partial charge in [0, 0.05) is 19.1 Å². The van der Waals surface area contributed by atoms with Gasteiger partial charge in [-0.15, -0.1) is 0 Å². The van der Waals surface area contributed by atoms with Crippen molar-refractivity contribution in [2.75, 3.05) is 13.2 Å². The van der Waals surface area contributed by atoms with Crippen LogP contribution in [-0.2, 0) is 11.2 Å². The van der Waals surface area contributed by atoms with Crippen LogP contribution in [0, 0.1) is 5.92 Å². The topological polar surface area (TPSA) is 29.5 Å². The summed E-state index contributed by atoms with van der Waals surface area (Å²) in [5, 5.41) is 9.22. The molecule has 0 spiro atoms. The average Bonchev–Trinajstić information content (AvgIpc) is 2.77. The Morgan fingerprint density at radius 2 is 2.07 bits per heavy atom. The highest BCUT2D eigenvalue weighted by atomic mass is 16.5. The van der Waals surface area contributed by atoms with Gasteiger partial charge < -0.3 is 9.84 Å².